The number of aryl methyl sites for hydroxylation is 1. The molecule has 258 valence electrons. The van der Waals surface area contributed by atoms with Gasteiger partial charge in [-0.1, -0.05) is 63.9 Å². The fourth-order valence-corrected chi connectivity index (χ4v) is 8.41. The topological polar surface area (TPSA) is 71.5 Å². The van der Waals surface area contributed by atoms with Crippen LogP contribution < -0.4 is 14.4 Å². The summed E-state index contributed by atoms with van der Waals surface area (Å²) in [7, 11) is -1.58. The molecule has 7 atom stereocenters. The first kappa shape index (κ1) is 36.1. The van der Waals surface area contributed by atoms with Gasteiger partial charge in [0.1, 0.15) is 22.6 Å². The van der Waals surface area contributed by atoms with Gasteiger partial charge in [0.05, 0.1) is 23.2 Å². The Morgan fingerprint density at radius 3 is 2.65 bits per heavy atom. The summed E-state index contributed by atoms with van der Waals surface area (Å²) in [6, 6.07) is 14.8. The Balaban J connectivity index is 0.00000221. The molecule has 6 nitrogen and oxygen atoms in total. The molecule has 1 fully saturated rings. The molecular formula is C39H49ClFN3O3S. The van der Waals surface area contributed by atoms with Crippen LogP contribution in [0, 0.1) is 23.6 Å². The summed E-state index contributed by atoms with van der Waals surface area (Å²) in [6.07, 6.45) is 10.5. The number of nitrogens with one attached hydrogen (secondary N) is 1. The molecule has 1 aromatic heterocycles. The average Bonchev–Trinajstić information content (AvgIpc) is 3.25. The van der Waals surface area contributed by atoms with Crippen molar-refractivity contribution in [1.82, 2.24) is 9.71 Å². The molecule has 6 rings (SSSR count). The molecule has 1 amide bonds. The summed E-state index contributed by atoms with van der Waals surface area (Å²) in [5.74, 6) is 0.513. The number of hydrogen-bond acceptors (Lipinski definition) is 5. The lowest BCUT2D eigenvalue weighted by Gasteiger charge is -2.44. The first-order valence-electron chi connectivity index (χ1n) is 17.5. The highest BCUT2D eigenvalue weighted by Gasteiger charge is 2.40. The number of benzene rings is 2. The number of carbonyl (C=O) groups excluding carboxylic acids is 1. The van der Waals surface area contributed by atoms with Gasteiger partial charge in [0.25, 0.3) is 5.91 Å². The maximum atomic E-state index is 15.3. The molecule has 3 heterocycles. The number of carbonyl (C=O) groups is 1. The van der Waals surface area contributed by atoms with Crippen molar-refractivity contribution < 1.29 is 18.1 Å². The van der Waals surface area contributed by atoms with Crippen LogP contribution in [0.3, 0.4) is 0 Å². The minimum absolute atomic E-state index is 0.0371. The number of halogens is 2. The molecule has 0 spiro atoms. The van der Waals surface area contributed by atoms with Crippen molar-refractivity contribution in [3.8, 4) is 5.75 Å². The Hall–Kier alpha value is -3.23. The maximum absolute atomic E-state index is 15.3. The first-order chi connectivity index (χ1) is 23.2. The first-order valence-corrected chi connectivity index (χ1v) is 19.1. The number of hydrogen-bond donors (Lipinski definition) is 1. The molecule has 9 heteroatoms. The van der Waals surface area contributed by atoms with Crippen molar-refractivity contribution in [3.05, 3.63) is 100 Å². The molecule has 3 aromatic rings. The van der Waals surface area contributed by atoms with Gasteiger partial charge in [-0.15, -0.1) is 0 Å². The number of ether oxygens (including phenoxy) is 1. The van der Waals surface area contributed by atoms with Crippen LogP contribution in [0.25, 0.3) is 0 Å². The highest BCUT2D eigenvalue weighted by atomic mass is 35.5. The molecule has 48 heavy (non-hydrogen) atoms. The van der Waals surface area contributed by atoms with Gasteiger partial charge in [-0.3, -0.25) is 14.5 Å². The second-order valence-electron chi connectivity index (χ2n) is 13.2. The van der Waals surface area contributed by atoms with E-state index in [-0.39, 0.29) is 46.6 Å². The van der Waals surface area contributed by atoms with Crippen LogP contribution in [-0.2, 0) is 17.4 Å². The standard InChI is InChI=1S/C37H43ClFN3O3S.C2H6/c1-4-7-25-18-29(38)13-15-30(25)28-21-42-20-27-11-14-31(27)32(36-33(39)10-6-17-40-36)9-5-8-23(2)24(3)46(44)41-37(43)26-12-16-35(45-22-28)34(42)19-26;1-2/h5-6,9-10,12-13,15-19,23-24,27-28,31-32H,4,7-8,11,14,20-22H2,1-3H3,(H,41,43);1-2H3/b9-5+;. The molecule has 1 aliphatic carbocycles. The minimum atomic E-state index is -1.58. The van der Waals surface area contributed by atoms with E-state index in [1.807, 2.05) is 45.9 Å². The van der Waals surface area contributed by atoms with Crippen LogP contribution in [0.1, 0.15) is 99.3 Å². The summed E-state index contributed by atoms with van der Waals surface area (Å²) >= 11 is 6.43. The third-order valence-corrected chi connectivity index (χ3v) is 11.9. The highest BCUT2D eigenvalue weighted by Crippen LogP contribution is 2.47. The van der Waals surface area contributed by atoms with Crippen LogP contribution in [0.5, 0.6) is 5.75 Å². The van der Waals surface area contributed by atoms with Crippen molar-refractivity contribution in [2.24, 2.45) is 17.8 Å². The van der Waals surface area contributed by atoms with E-state index in [1.54, 1.807) is 18.3 Å². The number of amides is 1. The Morgan fingerprint density at radius 2 is 1.92 bits per heavy atom. The highest BCUT2D eigenvalue weighted by molar-refractivity contribution is 7.84. The Bertz CT molecular complexity index is 1630. The van der Waals surface area contributed by atoms with Crippen LogP contribution >= 0.6 is 11.6 Å². The molecule has 2 bridgehead atoms. The van der Waals surface area contributed by atoms with E-state index < -0.39 is 11.0 Å². The number of allylic oxidation sites excluding steroid dienone is 2. The Labute approximate surface area is 293 Å². The average molecular weight is 694 g/mol. The predicted molar refractivity (Wildman–Crippen MR) is 195 cm³/mol. The van der Waals surface area contributed by atoms with E-state index in [1.165, 1.54) is 17.2 Å². The van der Waals surface area contributed by atoms with E-state index in [2.05, 4.69) is 45.8 Å². The monoisotopic (exact) mass is 693 g/mol. The molecule has 7 unspecified atom stereocenters. The SMILES string of the molecule is CC.CCCc1cc(Cl)ccc1C1COc2ccc3cc2N(C1)CC1CCC1C(c1ncccc1F)/C=C/CC(C)C(C)S(=O)NC3=O. The smallest absolute Gasteiger partial charge is 0.263 e. The number of fused-ring (bicyclic) bond motifs is 2. The van der Waals surface area contributed by atoms with E-state index in [0.717, 1.165) is 48.7 Å². The van der Waals surface area contributed by atoms with Gasteiger partial charge in [0, 0.05) is 41.7 Å². The van der Waals surface area contributed by atoms with Crippen molar-refractivity contribution in [1.29, 1.82) is 0 Å². The molecular weight excluding hydrogens is 645 g/mol. The molecule has 2 aromatic carbocycles. The number of pyridine rings is 1. The van der Waals surface area contributed by atoms with Gasteiger partial charge in [-0.2, -0.15) is 0 Å². The van der Waals surface area contributed by atoms with Crippen LogP contribution in [-0.4, -0.2) is 40.0 Å². The number of aromatic nitrogens is 1. The summed E-state index contributed by atoms with van der Waals surface area (Å²) < 4.78 is 37.8. The molecule has 3 aliphatic rings. The number of anilines is 1. The fourth-order valence-electron chi connectivity index (χ4n) is 7.20. The third kappa shape index (κ3) is 7.97. The van der Waals surface area contributed by atoms with E-state index >= 15 is 4.39 Å². The summed E-state index contributed by atoms with van der Waals surface area (Å²) in [4.78, 5) is 20.3. The Morgan fingerprint density at radius 1 is 1.10 bits per heavy atom. The van der Waals surface area contributed by atoms with Crippen molar-refractivity contribution in [3.63, 3.8) is 0 Å². The molecule has 1 N–H and O–H groups in total. The largest absolute Gasteiger partial charge is 0.491 e. The van der Waals surface area contributed by atoms with E-state index in [9.17, 15) is 9.00 Å². The molecule has 2 aliphatic heterocycles. The summed E-state index contributed by atoms with van der Waals surface area (Å²) in [5, 5.41) is 0.450. The van der Waals surface area contributed by atoms with Crippen LogP contribution in [0.2, 0.25) is 5.02 Å². The zero-order valence-corrected chi connectivity index (χ0v) is 30.3. The van der Waals surface area contributed by atoms with Gasteiger partial charge in [0.15, 0.2) is 0 Å². The summed E-state index contributed by atoms with van der Waals surface area (Å²) in [6.45, 7) is 12.0. The summed E-state index contributed by atoms with van der Waals surface area (Å²) in [5.41, 5.74) is 4.23. The van der Waals surface area contributed by atoms with Crippen molar-refractivity contribution in [2.45, 2.75) is 83.8 Å². The predicted octanol–water partition coefficient (Wildman–Crippen LogP) is 9.02. The Kier molecular flexibility index (Phi) is 12.4. The molecule has 1 saturated carbocycles. The van der Waals surface area contributed by atoms with E-state index in [0.29, 0.717) is 30.8 Å². The number of nitrogens with zero attached hydrogens (tertiary/aromatic N) is 2. The molecule has 0 saturated heterocycles. The van der Waals surface area contributed by atoms with Gasteiger partial charge in [-0.25, -0.2) is 8.60 Å². The van der Waals surface area contributed by atoms with Gasteiger partial charge in [-0.05, 0) is 104 Å². The van der Waals surface area contributed by atoms with E-state index in [4.69, 9.17) is 16.3 Å². The van der Waals surface area contributed by atoms with Gasteiger partial charge in [0.2, 0.25) is 0 Å². The lowest BCUT2D eigenvalue weighted by Crippen LogP contribution is -2.42. The normalized spacial score (nSPS) is 27.9. The van der Waals surface area contributed by atoms with Crippen LogP contribution in [0.4, 0.5) is 10.1 Å². The second kappa shape index (κ2) is 16.4. The fraction of sp³-hybridized carbons (Fsp3) is 0.487. The second-order valence-corrected chi connectivity index (χ2v) is 15.1. The maximum Gasteiger partial charge on any atom is 0.263 e. The zero-order valence-electron chi connectivity index (χ0n) is 28.8. The lowest BCUT2D eigenvalue weighted by atomic mass is 9.65. The third-order valence-electron chi connectivity index (χ3n) is 10.2. The zero-order chi connectivity index (χ0) is 34.4. The molecule has 0 radical (unpaired) electrons. The van der Waals surface area contributed by atoms with Gasteiger partial charge >= 0.3 is 0 Å². The number of rotatable bonds is 4. The minimum Gasteiger partial charge on any atom is -0.491 e. The lowest BCUT2D eigenvalue weighted by molar-refractivity contribution is 0.0982. The quantitative estimate of drug-likeness (QED) is 0.276. The van der Waals surface area contributed by atoms with Crippen molar-refractivity contribution in [2.75, 3.05) is 24.6 Å². The van der Waals surface area contributed by atoms with Gasteiger partial charge < -0.3 is 9.64 Å². The van der Waals surface area contributed by atoms with Crippen LogP contribution in [0.15, 0.2) is 66.9 Å². The van der Waals surface area contributed by atoms with Crippen molar-refractivity contribution >= 4 is 34.2 Å².